The first-order valence-corrected chi connectivity index (χ1v) is 4.74. The molecular formula is C10H14O3. The van der Waals surface area contributed by atoms with Gasteiger partial charge in [0.2, 0.25) is 0 Å². The maximum absolute atomic E-state index is 10.8. The Morgan fingerprint density at radius 2 is 2.23 bits per heavy atom. The normalized spacial score (nSPS) is 38.1. The number of carboxylic acids is 1. The molecule has 2 bridgehead atoms. The third kappa shape index (κ3) is 1.37. The lowest BCUT2D eigenvalue weighted by Crippen LogP contribution is -2.29. The summed E-state index contributed by atoms with van der Waals surface area (Å²) in [4.78, 5) is 10.8. The van der Waals surface area contributed by atoms with Crippen LogP contribution in [0.5, 0.6) is 0 Å². The van der Waals surface area contributed by atoms with Gasteiger partial charge >= 0.3 is 5.97 Å². The first-order valence-electron chi connectivity index (χ1n) is 4.74. The second-order valence-corrected chi connectivity index (χ2v) is 4.07. The number of fused-ring (bicyclic) bond motifs is 2. The van der Waals surface area contributed by atoms with Crippen molar-refractivity contribution >= 4 is 5.97 Å². The van der Waals surface area contributed by atoms with E-state index < -0.39 is 11.9 Å². The number of carboxylic acid groups (broad SMARTS) is 1. The van der Waals surface area contributed by atoms with E-state index in [-0.39, 0.29) is 12.5 Å². The average molecular weight is 182 g/mol. The third-order valence-corrected chi connectivity index (χ3v) is 3.36. The zero-order valence-corrected chi connectivity index (χ0v) is 7.39. The van der Waals surface area contributed by atoms with E-state index in [2.05, 4.69) is 12.2 Å². The summed E-state index contributed by atoms with van der Waals surface area (Å²) in [5.74, 6) is -0.271. The molecule has 0 saturated heterocycles. The Morgan fingerprint density at radius 3 is 2.62 bits per heavy atom. The van der Waals surface area contributed by atoms with Crippen LogP contribution in [0.2, 0.25) is 0 Å². The van der Waals surface area contributed by atoms with E-state index in [1.165, 1.54) is 0 Å². The van der Waals surface area contributed by atoms with Crippen LogP contribution in [0, 0.1) is 23.7 Å². The Labute approximate surface area is 77.1 Å². The molecule has 3 nitrogen and oxygen atoms in total. The molecular weight excluding hydrogens is 168 g/mol. The van der Waals surface area contributed by atoms with Gasteiger partial charge in [0.25, 0.3) is 0 Å². The second-order valence-electron chi connectivity index (χ2n) is 4.07. The van der Waals surface area contributed by atoms with Gasteiger partial charge in [-0.15, -0.1) is 0 Å². The largest absolute Gasteiger partial charge is 0.481 e. The Morgan fingerprint density at radius 1 is 1.46 bits per heavy atom. The van der Waals surface area contributed by atoms with E-state index >= 15 is 0 Å². The van der Waals surface area contributed by atoms with Gasteiger partial charge in [0, 0.05) is 0 Å². The van der Waals surface area contributed by atoms with Crippen molar-refractivity contribution in [3.63, 3.8) is 0 Å². The summed E-state index contributed by atoms with van der Waals surface area (Å²) in [5.41, 5.74) is 0. The molecule has 4 atom stereocenters. The van der Waals surface area contributed by atoms with E-state index in [0.29, 0.717) is 11.8 Å². The molecule has 0 aromatic heterocycles. The quantitative estimate of drug-likeness (QED) is 0.637. The van der Waals surface area contributed by atoms with Gasteiger partial charge in [0.05, 0.1) is 12.5 Å². The van der Waals surface area contributed by atoms with Gasteiger partial charge in [-0.25, -0.2) is 0 Å². The predicted molar refractivity (Wildman–Crippen MR) is 47.1 cm³/mol. The molecule has 0 heterocycles. The SMILES string of the molecule is O=C(O)C(CO)C1CC2C=CC1C2. The second kappa shape index (κ2) is 3.14. The number of hydrogen-bond acceptors (Lipinski definition) is 2. The highest BCUT2D eigenvalue weighted by molar-refractivity contribution is 5.70. The first-order chi connectivity index (χ1) is 6.22. The minimum Gasteiger partial charge on any atom is -0.481 e. The summed E-state index contributed by atoms with van der Waals surface area (Å²) >= 11 is 0. The Hall–Kier alpha value is -0.830. The molecule has 3 heteroatoms. The predicted octanol–water partition coefficient (Wildman–Crippen LogP) is 0.892. The zero-order valence-electron chi connectivity index (χ0n) is 7.39. The van der Waals surface area contributed by atoms with Gasteiger partial charge in [0.15, 0.2) is 0 Å². The van der Waals surface area contributed by atoms with E-state index in [1.807, 2.05) is 0 Å². The van der Waals surface area contributed by atoms with Gasteiger partial charge in [0.1, 0.15) is 0 Å². The number of rotatable bonds is 3. The molecule has 0 aliphatic heterocycles. The summed E-state index contributed by atoms with van der Waals surface area (Å²) in [6, 6.07) is 0. The van der Waals surface area contributed by atoms with Crippen molar-refractivity contribution in [1.82, 2.24) is 0 Å². The molecule has 2 aliphatic carbocycles. The summed E-state index contributed by atoms with van der Waals surface area (Å²) in [6.07, 6.45) is 6.33. The molecule has 1 saturated carbocycles. The van der Waals surface area contributed by atoms with Gasteiger partial charge in [-0.3, -0.25) is 4.79 Å². The van der Waals surface area contributed by atoms with Crippen molar-refractivity contribution in [1.29, 1.82) is 0 Å². The maximum Gasteiger partial charge on any atom is 0.309 e. The van der Waals surface area contributed by atoms with Gasteiger partial charge in [-0.05, 0) is 30.6 Å². The fraction of sp³-hybridized carbons (Fsp3) is 0.700. The average Bonchev–Trinajstić information content (AvgIpc) is 2.65. The number of aliphatic hydroxyl groups is 1. The summed E-state index contributed by atoms with van der Waals surface area (Å²) in [6.45, 7) is -0.225. The number of carbonyl (C=O) groups is 1. The molecule has 13 heavy (non-hydrogen) atoms. The Kier molecular flexibility index (Phi) is 2.12. The molecule has 0 aromatic rings. The van der Waals surface area contributed by atoms with Crippen LogP contribution >= 0.6 is 0 Å². The van der Waals surface area contributed by atoms with Crippen LogP contribution in [0.4, 0.5) is 0 Å². The third-order valence-electron chi connectivity index (χ3n) is 3.36. The highest BCUT2D eigenvalue weighted by atomic mass is 16.4. The number of allylic oxidation sites excluding steroid dienone is 2. The highest BCUT2D eigenvalue weighted by Crippen LogP contribution is 2.46. The van der Waals surface area contributed by atoms with Gasteiger partial charge in [-0.1, -0.05) is 12.2 Å². The van der Waals surface area contributed by atoms with Crippen LogP contribution in [0.15, 0.2) is 12.2 Å². The Bertz CT molecular complexity index is 247. The fourth-order valence-electron chi connectivity index (χ4n) is 2.68. The lowest BCUT2D eigenvalue weighted by Gasteiger charge is -2.23. The van der Waals surface area contributed by atoms with Crippen molar-refractivity contribution in [3.05, 3.63) is 12.2 Å². The standard InChI is InChI=1S/C10H14O3/c11-5-9(10(12)13)8-4-6-1-2-7(8)3-6/h1-2,6-9,11H,3-5H2,(H,12,13). The monoisotopic (exact) mass is 182 g/mol. The van der Waals surface area contributed by atoms with Gasteiger partial charge in [-0.2, -0.15) is 0 Å². The lowest BCUT2D eigenvalue weighted by molar-refractivity contribution is -0.145. The smallest absolute Gasteiger partial charge is 0.309 e. The van der Waals surface area contributed by atoms with Gasteiger partial charge < -0.3 is 10.2 Å². The molecule has 0 radical (unpaired) electrons. The molecule has 2 N–H and O–H groups in total. The molecule has 0 spiro atoms. The molecule has 0 aromatic carbocycles. The van der Waals surface area contributed by atoms with Crippen molar-refractivity contribution in [2.45, 2.75) is 12.8 Å². The van der Waals surface area contributed by atoms with Crippen LogP contribution in [0.1, 0.15) is 12.8 Å². The van der Waals surface area contributed by atoms with Crippen LogP contribution in [-0.4, -0.2) is 22.8 Å². The van der Waals surface area contributed by atoms with Crippen molar-refractivity contribution in [2.24, 2.45) is 23.7 Å². The van der Waals surface area contributed by atoms with E-state index in [4.69, 9.17) is 10.2 Å². The number of aliphatic carboxylic acids is 1. The van der Waals surface area contributed by atoms with Crippen LogP contribution in [0.25, 0.3) is 0 Å². The maximum atomic E-state index is 10.8. The topological polar surface area (TPSA) is 57.5 Å². The highest BCUT2D eigenvalue weighted by Gasteiger charge is 2.42. The van der Waals surface area contributed by atoms with Crippen LogP contribution in [-0.2, 0) is 4.79 Å². The van der Waals surface area contributed by atoms with E-state index in [9.17, 15) is 4.79 Å². The molecule has 1 fully saturated rings. The summed E-state index contributed by atoms with van der Waals surface area (Å²) in [7, 11) is 0. The van der Waals surface area contributed by atoms with E-state index in [1.54, 1.807) is 0 Å². The molecule has 4 unspecified atom stereocenters. The zero-order chi connectivity index (χ0) is 9.42. The number of aliphatic hydroxyl groups excluding tert-OH is 1. The minimum atomic E-state index is -0.853. The van der Waals surface area contributed by atoms with E-state index in [0.717, 1.165) is 12.8 Å². The van der Waals surface area contributed by atoms with Crippen LogP contribution < -0.4 is 0 Å². The summed E-state index contributed by atoms with van der Waals surface area (Å²) < 4.78 is 0. The molecule has 2 aliphatic rings. The molecule has 0 amide bonds. The van der Waals surface area contributed by atoms with Crippen molar-refractivity contribution < 1.29 is 15.0 Å². The molecule has 72 valence electrons. The van der Waals surface area contributed by atoms with Crippen molar-refractivity contribution in [3.8, 4) is 0 Å². The summed E-state index contributed by atoms with van der Waals surface area (Å²) in [5, 5.41) is 17.9. The number of hydrogen-bond donors (Lipinski definition) is 2. The fourth-order valence-corrected chi connectivity index (χ4v) is 2.68. The first kappa shape index (κ1) is 8.75. The van der Waals surface area contributed by atoms with Crippen molar-refractivity contribution in [2.75, 3.05) is 6.61 Å². The van der Waals surface area contributed by atoms with Crippen LogP contribution in [0.3, 0.4) is 0 Å². The Balaban J connectivity index is 2.08. The lowest BCUT2D eigenvalue weighted by atomic mass is 9.82. The molecule has 2 rings (SSSR count). The minimum absolute atomic E-state index is 0.164.